The molecule has 0 bridgehead atoms. The molecule has 0 amide bonds. The van der Waals surface area contributed by atoms with Gasteiger partial charge in [-0.05, 0) is 30.7 Å². The van der Waals surface area contributed by atoms with Crippen LogP contribution in [0.3, 0.4) is 0 Å². The summed E-state index contributed by atoms with van der Waals surface area (Å²) in [6, 6.07) is 5.84. The van der Waals surface area contributed by atoms with Crippen LogP contribution in [-0.4, -0.2) is 12.3 Å². The summed E-state index contributed by atoms with van der Waals surface area (Å²) < 4.78 is 10.4. The van der Waals surface area contributed by atoms with Gasteiger partial charge in [-0.2, -0.15) is 0 Å². The van der Waals surface area contributed by atoms with Crippen molar-refractivity contribution >= 4 is 0 Å². The van der Waals surface area contributed by atoms with Gasteiger partial charge >= 0.3 is 0 Å². The Kier molecular flexibility index (Phi) is 2.92. The lowest BCUT2D eigenvalue weighted by Gasteiger charge is -2.06. The first kappa shape index (κ1) is 10.7. The Labute approximate surface area is 94.0 Å². The number of aromatic nitrogens is 1. The highest BCUT2D eigenvalue weighted by atomic mass is 16.5. The summed E-state index contributed by atoms with van der Waals surface area (Å²) in [6.45, 7) is 2.41. The lowest BCUT2D eigenvalue weighted by molar-refractivity contribution is 0.411. The molecule has 2 N–H and O–H groups in total. The maximum Gasteiger partial charge on any atom is 0.171 e. The van der Waals surface area contributed by atoms with E-state index in [-0.39, 0.29) is 0 Å². The molecule has 0 saturated heterocycles. The third-order valence-corrected chi connectivity index (χ3v) is 2.52. The first-order chi connectivity index (χ1) is 7.76. The van der Waals surface area contributed by atoms with Crippen LogP contribution in [0.4, 0.5) is 0 Å². The number of hydrogen-bond acceptors (Lipinski definition) is 4. The summed E-state index contributed by atoms with van der Waals surface area (Å²) >= 11 is 0. The molecular formula is C12H14N2O2. The molecule has 0 aliphatic rings. The molecule has 16 heavy (non-hydrogen) atoms. The van der Waals surface area contributed by atoms with Crippen molar-refractivity contribution in [2.45, 2.75) is 13.5 Å². The highest BCUT2D eigenvalue weighted by Crippen LogP contribution is 2.28. The number of aryl methyl sites for hydroxylation is 1. The Morgan fingerprint density at radius 2 is 2.25 bits per heavy atom. The normalized spacial score (nSPS) is 10.4. The van der Waals surface area contributed by atoms with Crippen LogP contribution < -0.4 is 10.5 Å². The van der Waals surface area contributed by atoms with Crippen LogP contribution in [-0.2, 0) is 6.54 Å². The third kappa shape index (κ3) is 1.79. The second-order valence-electron chi connectivity index (χ2n) is 3.57. The first-order valence-electron chi connectivity index (χ1n) is 5.05. The van der Waals surface area contributed by atoms with Crippen molar-refractivity contribution in [3.63, 3.8) is 0 Å². The molecule has 0 saturated carbocycles. The Bertz CT molecular complexity index is 492. The molecule has 0 fully saturated rings. The highest BCUT2D eigenvalue weighted by molar-refractivity contribution is 5.63. The van der Waals surface area contributed by atoms with Gasteiger partial charge in [-0.1, -0.05) is 5.16 Å². The van der Waals surface area contributed by atoms with Crippen LogP contribution in [0.2, 0.25) is 0 Å². The molecule has 0 aliphatic heterocycles. The Balaban J connectivity index is 2.45. The lowest BCUT2D eigenvalue weighted by atomic mass is 10.1. The van der Waals surface area contributed by atoms with Crippen LogP contribution in [0.25, 0.3) is 11.3 Å². The summed E-state index contributed by atoms with van der Waals surface area (Å²) in [5, 5.41) is 3.76. The van der Waals surface area contributed by atoms with E-state index in [4.69, 9.17) is 15.0 Å². The van der Waals surface area contributed by atoms with E-state index in [2.05, 4.69) is 5.16 Å². The topological polar surface area (TPSA) is 61.3 Å². The van der Waals surface area contributed by atoms with Gasteiger partial charge < -0.3 is 15.0 Å². The van der Waals surface area contributed by atoms with E-state index in [9.17, 15) is 0 Å². The summed E-state index contributed by atoms with van der Waals surface area (Å²) in [5.74, 6) is 1.59. The number of hydrogen-bond donors (Lipinski definition) is 1. The van der Waals surface area contributed by atoms with Crippen LogP contribution in [0.1, 0.15) is 11.1 Å². The average molecular weight is 218 g/mol. The second-order valence-corrected chi connectivity index (χ2v) is 3.57. The van der Waals surface area contributed by atoms with Crippen molar-refractivity contribution in [2.75, 3.05) is 7.11 Å². The number of benzene rings is 1. The van der Waals surface area contributed by atoms with Gasteiger partial charge in [0.1, 0.15) is 5.75 Å². The second kappa shape index (κ2) is 4.37. The lowest BCUT2D eigenvalue weighted by Crippen LogP contribution is -1.96. The maximum absolute atomic E-state index is 5.60. The zero-order valence-corrected chi connectivity index (χ0v) is 9.36. The van der Waals surface area contributed by atoms with E-state index < -0.39 is 0 Å². The fraction of sp³-hybridized carbons (Fsp3) is 0.250. The molecule has 1 heterocycles. The smallest absolute Gasteiger partial charge is 0.171 e. The maximum atomic E-state index is 5.60. The molecule has 84 valence electrons. The molecule has 0 aliphatic carbocycles. The van der Waals surface area contributed by atoms with Gasteiger partial charge in [0, 0.05) is 17.7 Å². The fourth-order valence-corrected chi connectivity index (χ4v) is 1.66. The molecule has 0 spiro atoms. The minimum Gasteiger partial charge on any atom is -0.496 e. The van der Waals surface area contributed by atoms with Crippen molar-refractivity contribution in [2.24, 2.45) is 5.73 Å². The predicted molar refractivity (Wildman–Crippen MR) is 61.1 cm³/mol. The largest absolute Gasteiger partial charge is 0.496 e. The van der Waals surface area contributed by atoms with E-state index >= 15 is 0 Å². The predicted octanol–water partition coefficient (Wildman–Crippen LogP) is 2.12. The Morgan fingerprint density at radius 1 is 1.44 bits per heavy atom. The van der Waals surface area contributed by atoms with Crippen LogP contribution in [0.15, 0.2) is 28.9 Å². The SMILES string of the molecule is COc1ccc(-c2oncc2CN)cc1C. The third-order valence-electron chi connectivity index (χ3n) is 2.52. The summed E-state index contributed by atoms with van der Waals surface area (Å²) in [7, 11) is 1.65. The van der Waals surface area contributed by atoms with Gasteiger partial charge in [0.25, 0.3) is 0 Å². The molecule has 2 rings (SSSR count). The number of rotatable bonds is 3. The number of nitrogens with zero attached hydrogens (tertiary/aromatic N) is 1. The van der Waals surface area contributed by atoms with Crippen LogP contribution in [0, 0.1) is 6.92 Å². The zero-order valence-electron chi connectivity index (χ0n) is 9.36. The molecule has 2 aromatic rings. The van der Waals surface area contributed by atoms with Gasteiger partial charge in [0.15, 0.2) is 5.76 Å². The van der Waals surface area contributed by atoms with Crippen molar-refractivity contribution in [1.82, 2.24) is 5.16 Å². The number of nitrogens with two attached hydrogens (primary N) is 1. The molecule has 0 atom stereocenters. The molecule has 1 aromatic heterocycles. The van der Waals surface area contributed by atoms with Gasteiger partial charge in [-0.15, -0.1) is 0 Å². The van der Waals surface area contributed by atoms with E-state index in [1.54, 1.807) is 13.3 Å². The van der Waals surface area contributed by atoms with Gasteiger partial charge in [0.2, 0.25) is 0 Å². The minimum atomic E-state index is 0.421. The molecule has 4 nitrogen and oxygen atoms in total. The number of ether oxygens (including phenoxy) is 1. The first-order valence-corrected chi connectivity index (χ1v) is 5.05. The standard InChI is InChI=1S/C12H14N2O2/c1-8-5-9(3-4-11(8)15-2)12-10(6-13)7-14-16-12/h3-5,7H,6,13H2,1-2H3. The van der Waals surface area contributed by atoms with E-state index in [1.165, 1.54) is 0 Å². The molecular weight excluding hydrogens is 204 g/mol. The van der Waals surface area contributed by atoms with Gasteiger partial charge in [-0.25, -0.2) is 0 Å². The van der Waals surface area contributed by atoms with Crippen molar-refractivity contribution < 1.29 is 9.26 Å². The summed E-state index contributed by atoms with van der Waals surface area (Å²) in [4.78, 5) is 0. The Hall–Kier alpha value is -1.81. The van der Waals surface area contributed by atoms with E-state index in [1.807, 2.05) is 25.1 Å². The van der Waals surface area contributed by atoms with Crippen molar-refractivity contribution in [3.8, 4) is 17.1 Å². The number of methoxy groups -OCH3 is 1. The minimum absolute atomic E-state index is 0.421. The van der Waals surface area contributed by atoms with Gasteiger partial charge in [0.05, 0.1) is 13.3 Å². The van der Waals surface area contributed by atoms with Crippen molar-refractivity contribution in [3.05, 3.63) is 35.5 Å². The van der Waals surface area contributed by atoms with Crippen LogP contribution in [0.5, 0.6) is 5.75 Å². The quantitative estimate of drug-likeness (QED) is 0.857. The molecule has 0 radical (unpaired) electrons. The van der Waals surface area contributed by atoms with Crippen LogP contribution >= 0.6 is 0 Å². The summed E-state index contributed by atoms with van der Waals surface area (Å²) in [5.41, 5.74) is 8.53. The fourth-order valence-electron chi connectivity index (χ4n) is 1.66. The highest BCUT2D eigenvalue weighted by Gasteiger charge is 2.10. The monoisotopic (exact) mass is 218 g/mol. The van der Waals surface area contributed by atoms with Crippen molar-refractivity contribution in [1.29, 1.82) is 0 Å². The van der Waals surface area contributed by atoms with Gasteiger partial charge in [-0.3, -0.25) is 0 Å². The zero-order chi connectivity index (χ0) is 11.5. The summed E-state index contributed by atoms with van der Waals surface area (Å²) in [6.07, 6.45) is 1.65. The average Bonchev–Trinajstić information content (AvgIpc) is 2.77. The molecule has 4 heteroatoms. The van der Waals surface area contributed by atoms with E-state index in [0.29, 0.717) is 6.54 Å². The Morgan fingerprint density at radius 3 is 2.88 bits per heavy atom. The molecule has 0 unspecified atom stereocenters. The van der Waals surface area contributed by atoms with E-state index in [0.717, 1.165) is 28.2 Å². The molecule has 1 aromatic carbocycles.